The summed E-state index contributed by atoms with van der Waals surface area (Å²) >= 11 is 0. The van der Waals surface area contributed by atoms with Crippen molar-refractivity contribution in [3.63, 3.8) is 0 Å². The van der Waals surface area contributed by atoms with Crippen LogP contribution in [0, 0.1) is 0 Å². The van der Waals surface area contributed by atoms with Crippen LogP contribution in [0.25, 0.3) is 0 Å². The minimum Gasteiger partial charge on any atom is -0.495 e. The molecule has 1 aromatic rings. The molecule has 0 aliphatic carbocycles. The predicted molar refractivity (Wildman–Crippen MR) is 76.7 cm³/mol. The summed E-state index contributed by atoms with van der Waals surface area (Å²) in [6.45, 7) is 3.95. The Kier molecular flexibility index (Phi) is 5.20. The number of benzene rings is 1. The number of ether oxygens (including phenoxy) is 1. The van der Waals surface area contributed by atoms with Crippen molar-refractivity contribution >= 4 is 15.7 Å². The van der Waals surface area contributed by atoms with Gasteiger partial charge >= 0.3 is 0 Å². The fourth-order valence-corrected chi connectivity index (χ4v) is 3.69. The molecule has 0 radical (unpaired) electrons. The maximum atomic E-state index is 12.6. The van der Waals surface area contributed by atoms with E-state index in [4.69, 9.17) is 10.5 Å². The van der Waals surface area contributed by atoms with E-state index >= 15 is 0 Å². The molecule has 0 aliphatic heterocycles. The molecule has 6 heteroatoms. The zero-order valence-corrected chi connectivity index (χ0v) is 12.7. The second-order valence-corrected chi connectivity index (χ2v) is 6.37. The van der Waals surface area contributed by atoms with Crippen LogP contribution < -0.4 is 10.5 Å². The van der Waals surface area contributed by atoms with Gasteiger partial charge in [-0.3, -0.25) is 0 Å². The monoisotopic (exact) mass is 286 g/mol. The maximum Gasteiger partial charge on any atom is 0.246 e. The van der Waals surface area contributed by atoms with Gasteiger partial charge in [0.05, 0.1) is 7.11 Å². The Hall–Kier alpha value is -1.27. The van der Waals surface area contributed by atoms with Gasteiger partial charge in [-0.1, -0.05) is 13.8 Å². The van der Waals surface area contributed by atoms with Crippen LogP contribution in [0.4, 0.5) is 5.69 Å². The molecule has 1 rings (SSSR count). The lowest BCUT2D eigenvalue weighted by Crippen LogP contribution is -2.36. The molecule has 0 aromatic heterocycles. The van der Waals surface area contributed by atoms with Gasteiger partial charge in [-0.05, 0) is 25.0 Å². The van der Waals surface area contributed by atoms with Crippen molar-refractivity contribution in [2.45, 2.75) is 37.6 Å². The lowest BCUT2D eigenvalue weighted by Gasteiger charge is -2.26. The van der Waals surface area contributed by atoms with Crippen molar-refractivity contribution in [1.29, 1.82) is 0 Å². The summed E-state index contributed by atoms with van der Waals surface area (Å²) < 4.78 is 31.7. The van der Waals surface area contributed by atoms with Crippen LogP contribution in [-0.4, -0.2) is 32.9 Å². The van der Waals surface area contributed by atoms with Crippen LogP contribution in [0.2, 0.25) is 0 Å². The lowest BCUT2D eigenvalue weighted by molar-refractivity contribution is 0.345. The third kappa shape index (κ3) is 3.19. The van der Waals surface area contributed by atoms with Crippen LogP contribution in [0.1, 0.15) is 26.7 Å². The van der Waals surface area contributed by atoms with Gasteiger partial charge < -0.3 is 10.5 Å². The maximum absolute atomic E-state index is 12.6. The molecule has 0 spiro atoms. The Morgan fingerprint density at radius 2 is 1.89 bits per heavy atom. The molecule has 0 saturated heterocycles. The minimum atomic E-state index is -3.57. The van der Waals surface area contributed by atoms with Crippen molar-refractivity contribution < 1.29 is 13.2 Å². The average Bonchev–Trinajstić information content (AvgIpc) is 2.39. The van der Waals surface area contributed by atoms with Crippen LogP contribution in [-0.2, 0) is 10.0 Å². The van der Waals surface area contributed by atoms with E-state index in [2.05, 4.69) is 0 Å². The first-order chi connectivity index (χ1) is 8.88. The summed E-state index contributed by atoms with van der Waals surface area (Å²) in [6.07, 6.45) is 1.53. The summed E-state index contributed by atoms with van der Waals surface area (Å²) in [4.78, 5) is 0.151. The van der Waals surface area contributed by atoms with Gasteiger partial charge in [0, 0.05) is 24.8 Å². The summed E-state index contributed by atoms with van der Waals surface area (Å²) in [6, 6.07) is 4.55. The average molecular weight is 286 g/mol. The van der Waals surface area contributed by atoms with Crippen LogP contribution in [0.3, 0.4) is 0 Å². The topological polar surface area (TPSA) is 72.6 Å². The largest absolute Gasteiger partial charge is 0.495 e. The smallest absolute Gasteiger partial charge is 0.246 e. The normalized spacial score (nSPS) is 12.1. The van der Waals surface area contributed by atoms with Crippen LogP contribution >= 0.6 is 0 Å². The van der Waals surface area contributed by atoms with E-state index in [1.165, 1.54) is 23.5 Å². The Morgan fingerprint density at radius 3 is 2.37 bits per heavy atom. The highest BCUT2D eigenvalue weighted by Gasteiger charge is 2.28. The van der Waals surface area contributed by atoms with Crippen molar-refractivity contribution in [3.05, 3.63) is 18.2 Å². The number of nitrogens with zero attached hydrogens (tertiary/aromatic N) is 1. The second-order valence-electron chi connectivity index (χ2n) is 4.40. The van der Waals surface area contributed by atoms with Gasteiger partial charge in [0.15, 0.2) is 0 Å². The first-order valence-electron chi connectivity index (χ1n) is 6.30. The van der Waals surface area contributed by atoms with E-state index < -0.39 is 10.0 Å². The Balaban J connectivity index is 3.27. The number of anilines is 1. The highest BCUT2D eigenvalue weighted by atomic mass is 32.2. The van der Waals surface area contributed by atoms with E-state index in [-0.39, 0.29) is 16.7 Å². The zero-order valence-electron chi connectivity index (χ0n) is 11.9. The molecule has 19 heavy (non-hydrogen) atoms. The number of rotatable bonds is 6. The Morgan fingerprint density at radius 1 is 1.32 bits per heavy atom. The number of sulfonamides is 1. The quantitative estimate of drug-likeness (QED) is 0.813. The summed E-state index contributed by atoms with van der Waals surface area (Å²) in [5.41, 5.74) is 6.12. The molecular weight excluding hydrogens is 264 g/mol. The molecule has 0 fully saturated rings. The molecule has 0 aliphatic rings. The van der Waals surface area contributed by atoms with E-state index in [0.717, 1.165) is 12.8 Å². The first-order valence-corrected chi connectivity index (χ1v) is 7.74. The van der Waals surface area contributed by atoms with Crippen molar-refractivity contribution in [2.75, 3.05) is 19.9 Å². The second kappa shape index (κ2) is 6.25. The predicted octanol–water partition coefficient (Wildman–Crippen LogP) is 2.09. The van der Waals surface area contributed by atoms with Crippen LogP contribution in [0.15, 0.2) is 23.1 Å². The molecular formula is C13H22N2O3S. The number of nitrogens with two attached hydrogens (primary N) is 1. The fraction of sp³-hybridized carbons (Fsp3) is 0.538. The molecule has 5 nitrogen and oxygen atoms in total. The van der Waals surface area contributed by atoms with E-state index in [9.17, 15) is 8.42 Å². The number of methoxy groups -OCH3 is 1. The number of nitrogen functional groups attached to an aromatic ring is 1. The highest BCUT2D eigenvalue weighted by molar-refractivity contribution is 7.89. The van der Waals surface area contributed by atoms with Gasteiger partial charge in [-0.2, -0.15) is 4.31 Å². The van der Waals surface area contributed by atoms with Gasteiger partial charge in [-0.25, -0.2) is 8.42 Å². The van der Waals surface area contributed by atoms with Gasteiger partial charge in [0.25, 0.3) is 0 Å². The summed E-state index contributed by atoms with van der Waals surface area (Å²) in [5.74, 6) is 0.276. The van der Waals surface area contributed by atoms with E-state index in [1.54, 1.807) is 13.1 Å². The van der Waals surface area contributed by atoms with Gasteiger partial charge in [0.2, 0.25) is 10.0 Å². The van der Waals surface area contributed by atoms with E-state index in [1.807, 2.05) is 13.8 Å². The molecule has 0 amide bonds. The number of hydrogen-bond acceptors (Lipinski definition) is 4. The molecule has 0 bridgehead atoms. The van der Waals surface area contributed by atoms with Crippen LogP contribution in [0.5, 0.6) is 5.75 Å². The van der Waals surface area contributed by atoms with E-state index in [0.29, 0.717) is 5.69 Å². The molecule has 0 atom stereocenters. The summed E-state index contributed by atoms with van der Waals surface area (Å²) in [7, 11) is -0.534. The van der Waals surface area contributed by atoms with Crippen molar-refractivity contribution in [3.8, 4) is 5.75 Å². The Labute approximate surface area is 115 Å². The molecule has 108 valence electrons. The standard InChI is InChI=1S/C13H22N2O3S/c1-5-11(6-2)15(3)19(16,17)13-8-7-10(14)9-12(13)18-4/h7-9,11H,5-6,14H2,1-4H3. The molecule has 0 heterocycles. The fourth-order valence-electron chi connectivity index (χ4n) is 2.05. The third-order valence-electron chi connectivity index (χ3n) is 3.30. The van der Waals surface area contributed by atoms with Gasteiger partial charge in [-0.15, -0.1) is 0 Å². The van der Waals surface area contributed by atoms with Crippen molar-refractivity contribution in [2.24, 2.45) is 0 Å². The summed E-state index contributed by atoms with van der Waals surface area (Å²) in [5, 5.41) is 0. The lowest BCUT2D eigenvalue weighted by atomic mass is 10.2. The highest BCUT2D eigenvalue weighted by Crippen LogP contribution is 2.29. The third-order valence-corrected chi connectivity index (χ3v) is 5.25. The molecule has 1 aromatic carbocycles. The SMILES string of the molecule is CCC(CC)N(C)S(=O)(=O)c1ccc(N)cc1OC. The Bertz CT molecular complexity index is 525. The van der Waals surface area contributed by atoms with Crippen molar-refractivity contribution in [1.82, 2.24) is 4.31 Å². The first kappa shape index (κ1) is 15.8. The molecule has 0 unspecified atom stereocenters. The number of hydrogen-bond donors (Lipinski definition) is 1. The van der Waals surface area contributed by atoms with Gasteiger partial charge in [0.1, 0.15) is 10.6 Å². The molecule has 0 saturated carbocycles. The minimum absolute atomic E-state index is 0.0211. The zero-order chi connectivity index (χ0) is 14.6. The molecule has 2 N–H and O–H groups in total.